The van der Waals surface area contributed by atoms with Crippen LogP contribution in [0.1, 0.15) is 22.3 Å². The van der Waals surface area contributed by atoms with E-state index in [0.29, 0.717) is 17.5 Å². The highest BCUT2D eigenvalue weighted by molar-refractivity contribution is 5.91. The molecule has 9 aromatic rings. The molecule has 1 aliphatic heterocycles. The Morgan fingerprint density at radius 2 is 0.732 bits per heavy atom. The monoisotopic (exact) mass is 716 g/mol. The summed E-state index contributed by atoms with van der Waals surface area (Å²) in [5.74, 6) is 3.58. The van der Waals surface area contributed by atoms with Crippen molar-refractivity contribution < 1.29 is 4.74 Å². The van der Waals surface area contributed by atoms with Gasteiger partial charge in [-0.15, -0.1) is 0 Å². The van der Waals surface area contributed by atoms with Gasteiger partial charge in [0.15, 0.2) is 17.5 Å². The van der Waals surface area contributed by atoms with E-state index in [1.54, 1.807) is 0 Å². The SMILES string of the molecule is c1ccc(-c2nc(-c3ccccc3)nc(-c3ccc4c(c3)C3(c5ccccc5Oc5ccccc53)c3cc(-c5ccc(-c6ccncc6)cc5)ccc3-4)n2)cc1. The molecular formula is C51H32N4O. The highest BCUT2D eigenvalue weighted by Gasteiger charge is 2.51. The molecule has 3 heterocycles. The molecule has 0 atom stereocenters. The molecule has 1 aliphatic carbocycles. The lowest BCUT2D eigenvalue weighted by Crippen LogP contribution is -2.32. The van der Waals surface area contributed by atoms with Crippen LogP contribution in [0.3, 0.4) is 0 Å². The standard InChI is InChI=1S/C51H32N4O/c1-3-11-36(12-4-1)48-53-49(37-13-5-2-6-14-37)55-50(54-48)39-24-26-41-40-25-23-38(34-21-19-33(20-22-34)35-27-29-52-30-28-35)31-44(40)51(45(41)32-39)42-15-7-9-17-46(42)56-47-18-10-8-16-43(47)51/h1-32H. The molecular weight excluding hydrogens is 685 g/mol. The molecule has 0 saturated carbocycles. The lowest BCUT2D eigenvalue weighted by Gasteiger charge is -2.39. The van der Waals surface area contributed by atoms with Crippen molar-refractivity contribution in [3.8, 4) is 79.0 Å². The molecule has 0 saturated heterocycles. The van der Waals surface area contributed by atoms with Gasteiger partial charge < -0.3 is 4.74 Å². The van der Waals surface area contributed by atoms with Crippen molar-refractivity contribution in [1.29, 1.82) is 0 Å². The first kappa shape index (κ1) is 32.0. The Morgan fingerprint density at radius 1 is 0.321 bits per heavy atom. The van der Waals surface area contributed by atoms with E-state index < -0.39 is 5.41 Å². The second-order valence-corrected chi connectivity index (χ2v) is 14.2. The third kappa shape index (κ3) is 5.02. The van der Waals surface area contributed by atoms with E-state index in [-0.39, 0.29) is 0 Å². The van der Waals surface area contributed by atoms with Gasteiger partial charge in [-0.3, -0.25) is 4.98 Å². The minimum absolute atomic E-state index is 0.621. The molecule has 0 N–H and O–H groups in total. The fourth-order valence-electron chi connectivity index (χ4n) is 8.55. The van der Waals surface area contributed by atoms with Gasteiger partial charge >= 0.3 is 0 Å². The second kappa shape index (κ2) is 12.8. The van der Waals surface area contributed by atoms with Crippen LogP contribution in [0.4, 0.5) is 0 Å². The van der Waals surface area contributed by atoms with E-state index >= 15 is 0 Å². The van der Waals surface area contributed by atoms with Crippen LogP contribution in [0.25, 0.3) is 67.5 Å². The number of pyridine rings is 1. The van der Waals surface area contributed by atoms with Crippen LogP contribution < -0.4 is 4.74 Å². The Hall–Kier alpha value is -7.50. The average Bonchev–Trinajstić information content (AvgIpc) is 3.56. The van der Waals surface area contributed by atoms with Gasteiger partial charge in [-0.05, 0) is 80.9 Å². The molecule has 2 aromatic heterocycles. The molecule has 1 spiro atoms. The Balaban J connectivity index is 1.14. The second-order valence-electron chi connectivity index (χ2n) is 14.2. The first-order valence-electron chi connectivity index (χ1n) is 18.8. The number of benzene rings is 7. The third-order valence-electron chi connectivity index (χ3n) is 11.1. The lowest BCUT2D eigenvalue weighted by atomic mass is 9.65. The van der Waals surface area contributed by atoms with Crippen LogP contribution in [0, 0.1) is 0 Å². The summed E-state index contributed by atoms with van der Waals surface area (Å²) < 4.78 is 6.67. The summed E-state index contributed by atoms with van der Waals surface area (Å²) in [6.45, 7) is 0. The minimum Gasteiger partial charge on any atom is -0.457 e. The molecule has 0 bridgehead atoms. The van der Waals surface area contributed by atoms with E-state index in [0.717, 1.165) is 61.6 Å². The van der Waals surface area contributed by atoms with Gasteiger partial charge in [0.05, 0.1) is 5.41 Å². The molecule has 0 radical (unpaired) electrons. The summed E-state index contributed by atoms with van der Waals surface area (Å²) in [7, 11) is 0. The summed E-state index contributed by atoms with van der Waals surface area (Å²) in [6, 6.07) is 63.7. The van der Waals surface area contributed by atoms with Gasteiger partial charge in [0.2, 0.25) is 0 Å². The number of hydrogen-bond acceptors (Lipinski definition) is 5. The number of hydrogen-bond donors (Lipinski definition) is 0. The molecule has 262 valence electrons. The van der Waals surface area contributed by atoms with Crippen LogP contribution >= 0.6 is 0 Å². The zero-order chi connectivity index (χ0) is 37.1. The number of aromatic nitrogens is 4. The normalized spacial score (nSPS) is 12.9. The Morgan fingerprint density at radius 3 is 1.29 bits per heavy atom. The van der Waals surface area contributed by atoms with Crippen molar-refractivity contribution in [3.05, 3.63) is 217 Å². The third-order valence-corrected chi connectivity index (χ3v) is 11.1. The zero-order valence-corrected chi connectivity index (χ0v) is 30.2. The van der Waals surface area contributed by atoms with E-state index in [1.165, 1.54) is 22.3 Å². The van der Waals surface area contributed by atoms with Crippen LogP contribution in [0.5, 0.6) is 11.5 Å². The van der Waals surface area contributed by atoms with Crippen LogP contribution in [0.2, 0.25) is 0 Å². The number of para-hydroxylation sites is 2. The van der Waals surface area contributed by atoms with Crippen molar-refractivity contribution in [2.24, 2.45) is 0 Å². The van der Waals surface area contributed by atoms with Crippen LogP contribution in [0.15, 0.2) is 194 Å². The largest absolute Gasteiger partial charge is 0.457 e. The average molecular weight is 717 g/mol. The first-order valence-corrected chi connectivity index (χ1v) is 18.8. The Bertz CT molecular complexity index is 2830. The fourth-order valence-corrected chi connectivity index (χ4v) is 8.55. The van der Waals surface area contributed by atoms with Crippen molar-refractivity contribution in [1.82, 2.24) is 19.9 Å². The summed E-state index contributed by atoms with van der Waals surface area (Å²) in [4.78, 5) is 19.4. The maximum atomic E-state index is 6.67. The highest BCUT2D eigenvalue weighted by Crippen LogP contribution is 2.62. The zero-order valence-electron chi connectivity index (χ0n) is 30.2. The molecule has 7 aromatic carbocycles. The van der Waals surface area contributed by atoms with Gasteiger partial charge in [-0.25, -0.2) is 15.0 Å². The molecule has 2 aliphatic rings. The molecule has 56 heavy (non-hydrogen) atoms. The van der Waals surface area contributed by atoms with Crippen molar-refractivity contribution in [3.63, 3.8) is 0 Å². The van der Waals surface area contributed by atoms with Gasteiger partial charge in [-0.1, -0.05) is 146 Å². The summed E-state index contributed by atoms with van der Waals surface area (Å²) in [5, 5.41) is 0. The summed E-state index contributed by atoms with van der Waals surface area (Å²) >= 11 is 0. The van der Waals surface area contributed by atoms with Crippen molar-refractivity contribution in [2.45, 2.75) is 5.41 Å². The first-order chi connectivity index (χ1) is 27.7. The fraction of sp³-hybridized carbons (Fsp3) is 0.0196. The summed E-state index contributed by atoms with van der Waals surface area (Å²) in [6.07, 6.45) is 3.67. The predicted octanol–water partition coefficient (Wildman–Crippen LogP) is 12.1. The van der Waals surface area contributed by atoms with E-state index in [2.05, 4.69) is 114 Å². The van der Waals surface area contributed by atoms with Crippen LogP contribution in [-0.4, -0.2) is 19.9 Å². The van der Waals surface area contributed by atoms with E-state index in [9.17, 15) is 0 Å². The molecule has 0 fully saturated rings. The van der Waals surface area contributed by atoms with Gasteiger partial charge in [0.1, 0.15) is 11.5 Å². The van der Waals surface area contributed by atoms with Crippen molar-refractivity contribution in [2.75, 3.05) is 0 Å². The number of rotatable bonds is 5. The number of nitrogens with zero attached hydrogens (tertiary/aromatic N) is 4. The maximum absolute atomic E-state index is 6.67. The molecule has 11 rings (SSSR count). The van der Waals surface area contributed by atoms with Gasteiger partial charge in [0, 0.05) is 40.2 Å². The van der Waals surface area contributed by atoms with E-state index in [4.69, 9.17) is 19.7 Å². The smallest absolute Gasteiger partial charge is 0.164 e. The van der Waals surface area contributed by atoms with Crippen molar-refractivity contribution >= 4 is 0 Å². The van der Waals surface area contributed by atoms with Gasteiger partial charge in [0.25, 0.3) is 0 Å². The predicted molar refractivity (Wildman–Crippen MR) is 222 cm³/mol. The topological polar surface area (TPSA) is 60.8 Å². The van der Waals surface area contributed by atoms with Crippen LogP contribution in [-0.2, 0) is 5.41 Å². The molecule has 0 amide bonds. The quantitative estimate of drug-likeness (QED) is 0.177. The Labute approximate surface area is 324 Å². The van der Waals surface area contributed by atoms with Gasteiger partial charge in [-0.2, -0.15) is 0 Å². The number of ether oxygens (including phenoxy) is 1. The molecule has 5 heteroatoms. The Kier molecular flexibility index (Phi) is 7.32. The van der Waals surface area contributed by atoms with E-state index in [1.807, 2.05) is 85.2 Å². The lowest BCUT2D eigenvalue weighted by molar-refractivity contribution is 0.436. The molecule has 0 unspecified atom stereocenters. The minimum atomic E-state index is -0.670. The number of fused-ring (bicyclic) bond motifs is 9. The highest BCUT2D eigenvalue weighted by atomic mass is 16.5. The molecule has 5 nitrogen and oxygen atoms in total. The maximum Gasteiger partial charge on any atom is 0.164 e. The summed E-state index contributed by atoms with van der Waals surface area (Å²) in [5.41, 5.74) is 13.7.